The fourth-order valence-electron chi connectivity index (χ4n) is 2.10. The normalized spacial score (nSPS) is 10.8. The van der Waals surface area contributed by atoms with Crippen LogP contribution in [0.2, 0.25) is 0 Å². The number of hydrogen-bond acceptors (Lipinski definition) is 3. The van der Waals surface area contributed by atoms with Gasteiger partial charge in [-0.3, -0.25) is 4.79 Å². The van der Waals surface area contributed by atoms with E-state index in [0.29, 0.717) is 12.5 Å². The number of imidazole rings is 1. The summed E-state index contributed by atoms with van der Waals surface area (Å²) in [6, 6.07) is 7.80. The lowest BCUT2D eigenvalue weighted by molar-refractivity contribution is -0.135. The van der Waals surface area contributed by atoms with Gasteiger partial charge >= 0.3 is 5.97 Å². The fourth-order valence-corrected chi connectivity index (χ4v) is 2.10. The SMILES string of the molecule is CCCN(CC(=O)O)c1nc2ccccc2n1C. The highest BCUT2D eigenvalue weighted by Crippen LogP contribution is 2.20. The third-order valence-electron chi connectivity index (χ3n) is 2.87. The van der Waals surface area contributed by atoms with Gasteiger partial charge in [0.05, 0.1) is 11.0 Å². The Kier molecular flexibility index (Phi) is 3.50. The first kappa shape index (κ1) is 12.4. The summed E-state index contributed by atoms with van der Waals surface area (Å²) >= 11 is 0. The molecule has 1 aromatic carbocycles. The number of nitrogens with zero attached hydrogens (tertiary/aromatic N) is 3. The van der Waals surface area contributed by atoms with E-state index < -0.39 is 5.97 Å². The molecule has 2 aromatic rings. The molecule has 0 spiro atoms. The lowest BCUT2D eigenvalue weighted by atomic mass is 10.3. The minimum atomic E-state index is -0.837. The second-order valence-electron chi connectivity index (χ2n) is 4.27. The number of aryl methyl sites for hydroxylation is 1. The van der Waals surface area contributed by atoms with Crippen LogP contribution in [0.1, 0.15) is 13.3 Å². The van der Waals surface area contributed by atoms with Crippen molar-refractivity contribution in [1.29, 1.82) is 0 Å². The van der Waals surface area contributed by atoms with Crippen molar-refractivity contribution in [1.82, 2.24) is 9.55 Å². The molecule has 0 aliphatic heterocycles. The zero-order valence-electron chi connectivity index (χ0n) is 10.6. The molecular formula is C13H17N3O2. The van der Waals surface area contributed by atoms with Crippen LogP contribution >= 0.6 is 0 Å². The summed E-state index contributed by atoms with van der Waals surface area (Å²) in [5.41, 5.74) is 1.90. The first-order chi connectivity index (χ1) is 8.63. The highest BCUT2D eigenvalue weighted by molar-refractivity contribution is 5.80. The number of anilines is 1. The molecule has 0 aliphatic carbocycles. The number of benzene rings is 1. The Morgan fingerprint density at radius 2 is 2.17 bits per heavy atom. The summed E-state index contributed by atoms with van der Waals surface area (Å²) in [6.07, 6.45) is 0.885. The number of carbonyl (C=O) groups is 1. The lowest BCUT2D eigenvalue weighted by Gasteiger charge is -2.20. The summed E-state index contributed by atoms with van der Waals surface area (Å²) in [6.45, 7) is 2.69. The number of fused-ring (bicyclic) bond motifs is 1. The third-order valence-corrected chi connectivity index (χ3v) is 2.87. The van der Waals surface area contributed by atoms with Gasteiger partial charge in [0.1, 0.15) is 6.54 Å². The Bertz CT molecular complexity index is 562. The summed E-state index contributed by atoms with van der Waals surface area (Å²) in [5.74, 6) is -0.129. The van der Waals surface area contributed by atoms with Crippen LogP contribution in [0.3, 0.4) is 0 Å². The Morgan fingerprint density at radius 1 is 1.44 bits per heavy atom. The van der Waals surface area contributed by atoms with E-state index in [2.05, 4.69) is 4.98 Å². The molecule has 1 N–H and O–H groups in total. The molecule has 5 heteroatoms. The van der Waals surface area contributed by atoms with Crippen LogP contribution in [0, 0.1) is 0 Å². The number of aliphatic carboxylic acids is 1. The van der Waals surface area contributed by atoms with Crippen LogP contribution in [0.5, 0.6) is 0 Å². The molecule has 0 radical (unpaired) electrons. The third kappa shape index (κ3) is 2.30. The average Bonchev–Trinajstić information content (AvgIpc) is 2.66. The van der Waals surface area contributed by atoms with Crippen LogP contribution in [0.4, 0.5) is 5.95 Å². The molecule has 0 unspecified atom stereocenters. The van der Waals surface area contributed by atoms with E-state index in [4.69, 9.17) is 5.11 Å². The standard InChI is InChI=1S/C13H17N3O2/c1-3-8-16(9-12(17)18)13-14-10-6-4-5-7-11(10)15(13)2/h4-7H,3,8-9H2,1-2H3,(H,17,18). The van der Waals surface area contributed by atoms with Crippen LogP contribution in [-0.4, -0.2) is 33.7 Å². The quantitative estimate of drug-likeness (QED) is 0.876. The van der Waals surface area contributed by atoms with Gasteiger partial charge in [-0.1, -0.05) is 19.1 Å². The molecule has 1 heterocycles. The maximum atomic E-state index is 10.9. The molecule has 2 rings (SSSR count). The maximum Gasteiger partial charge on any atom is 0.323 e. The first-order valence-corrected chi connectivity index (χ1v) is 6.01. The Labute approximate surface area is 106 Å². The molecule has 0 saturated carbocycles. The van der Waals surface area contributed by atoms with Gasteiger partial charge in [-0.25, -0.2) is 4.98 Å². The molecule has 96 valence electrons. The van der Waals surface area contributed by atoms with Gasteiger partial charge in [0, 0.05) is 13.6 Å². The van der Waals surface area contributed by atoms with Crippen molar-refractivity contribution in [3.8, 4) is 0 Å². The Hall–Kier alpha value is -2.04. The van der Waals surface area contributed by atoms with Crippen molar-refractivity contribution in [3.63, 3.8) is 0 Å². The van der Waals surface area contributed by atoms with E-state index >= 15 is 0 Å². The Morgan fingerprint density at radius 3 is 2.78 bits per heavy atom. The molecule has 5 nitrogen and oxygen atoms in total. The summed E-state index contributed by atoms with van der Waals surface area (Å²) in [7, 11) is 1.91. The van der Waals surface area contributed by atoms with Crippen LogP contribution in [0.15, 0.2) is 24.3 Å². The largest absolute Gasteiger partial charge is 0.480 e. The van der Waals surface area contributed by atoms with Gasteiger partial charge in [0.2, 0.25) is 5.95 Å². The molecule has 0 atom stereocenters. The average molecular weight is 247 g/mol. The second-order valence-corrected chi connectivity index (χ2v) is 4.27. The predicted molar refractivity (Wildman–Crippen MR) is 70.9 cm³/mol. The summed E-state index contributed by atoms with van der Waals surface area (Å²) < 4.78 is 1.94. The Balaban J connectivity index is 2.43. The maximum absolute atomic E-state index is 10.9. The second kappa shape index (κ2) is 5.08. The van der Waals surface area contributed by atoms with Crippen molar-refractivity contribution in [2.45, 2.75) is 13.3 Å². The first-order valence-electron chi connectivity index (χ1n) is 6.01. The van der Waals surface area contributed by atoms with Crippen LogP contribution < -0.4 is 4.90 Å². The van der Waals surface area contributed by atoms with Crippen molar-refractivity contribution in [3.05, 3.63) is 24.3 Å². The fraction of sp³-hybridized carbons (Fsp3) is 0.385. The van der Waals surface area contributed by atoms with Crippen molar-refractivity contribution >= 4 is 23.0 Å². The van der Waals surface area contributed by atoms with Gasteiger partial charge in [-0.15, -0.1) is 0 Å². The summed E-state index contributed by atoms with van der Waals surface area (Å²) in [5, 5.41) is 8.96. The topological polar surface area (TPSA) is 58.4 Å². The summed E-state index contributed by atoms with van der Waals surface area (Å²) in [4.78, 5) is 17.2. The lowest BCUT2D eigenvalue weighted by Crippen LogP contribution is -2.32. The van der Waals surface area contributed by atoms with E-state index in [0.717, 1.165) is 17.5 Å². The molecule has 0 amide bonds. The molecular weight excluding hydrogens is 230 g/mol. The number of rotatable bonds is 5. The van der Waals surface area contributed by atoms with Crippen molar-refractivity contribution in [2.75, 3.05) is 18.0 Å². The van der Waals surface area contributed by atoms with E-state index in [-0.39, 0.29) is 6.54 Å². The minimum Gasteiger partial charge on any atom is -0.480 e. The van der Waals surface area contributed by atoms with Gasteiger partial charge in [-0.2, -0.15) is 0 Å². The van der Waals surface area contributed by atoms with E-state index in [9.17, 15) is 4.79 Å². The molecule has 0 bridgehead atoms. The number of hydrogen-bond donors (Lipinski definition) is 1. The van der Waals surface area contributed by atoms with Gasteiger partial charge < -0.3 is 14.6 Å². The molecule has 18 heavy (non-hydrogen) atoms. The minimum absolute atomic E-state index is 0.0228. The molecule has 1 aromatic heterocycles. The smallest absolute Gasteiger partial charge is 0.323 e. The number of carboxylic acid groups (broad SMARTS) is 1. The predicted octanol–water partition coefficient (Wildman–Crippen LogP) is 1.87. The molecule has 0 fully saturated rings. The highest BCUT2D eigenvalue weighted by atomic mass is 16.4. The molecule has 0 saturated heterocycles. The van der Waals surface area contributed by atoms with Gasteiger partial charge in [-0.05, 0) is 18.6 Å². The molecule has 0 aliphatic rings. The van der Waals surface area contributed by atoms with Gasteiger partial charge in [0.15, 0.2) is 0 Å². The highest BCUT2D eigenvalue weighted by Gasteiger charge is 2.16. The monoisotopic (exact) mass is 247 g/mol. The zero-order chi connectivity index (χ0) is 13.1. The van der Waals surface area contributed by atoms with Crippen LogP contribution in [0.25, 0.3) is 11.0 Å². The van der Waals surface area contributed by atoms with Crippen LogP contribution in [-0.2, 0) is 11.8 Å². The zero-order valence-corrected chi connectivity index (χ0v) is 10.6. The van der Waals surface area contributed by atoms with Crippen molar-refractivity contribution in [2.24, 2.45) is 7.05 Å². The van der Waals surface area contributed by atoms with Gasteiger partial charge in [0.25, 0.3) is 0 Å². The number of para-hydroxylation sites is 2. The van der Waals surface area contributed by atoms with Crippen molar-refractivity contribution < 1.29 is 9.90 Å². The number of carboxylic acids is 1. The van der Waals surface area contributed by atoms with E-state index in [1.54, 1.807) is 4.90 Å². The van der Waals surface area contributed by atoms with E-state index in [1.165, 1.54) is 0 Å². The number of aromatic nitrogens is 2. The van der Waals surface area contributed by atoms with E-state index in [1.807, 2.05) is 42.8 Å².